The Bertz CT molecular complexity index is 839. The summed E-state index contributed by atoms with van der Waals surface area (Å²) in [6.45, 7) is 6.06. The number of likely N-dealkylation sites (N-methyl/N-ethyl adjacent to an activating group) is 1. The fourth-order valence-electron chi connectivity index (χ4n) is 2.93. The van der Waals surface area contributed by atoms with Gasteiger partial charge in [0.2, 0.25) is 5.91 Å². The number of methoxy groups -OCH3 is 2. The molecule has 0 bridgehead atoms. The molecule has 2 aromatic carbocycles. The summed E-state index contributed by atoms with van der Waals surface area (Å²) < 4.78 is 10.3. The normalized spacial score (nSPS) is 10.2. The summed E-state index contributed by atoms with van der Waals surface area (Å²) >= 11 is 0. The summed E-state index contributed by atoms with van der Waals surface area (Å²) in [5, 5.41) is 5.46. The number of hydrogen-bond acceptors (Lipinski definition) is 5. The summed E-state index contributed by atoms with van der Waals surface area (Å²) in [6.07, 6.45) is 0. The Labute approximate surface area is 172 Å². The van der Waals surface area contributed by atoms with E-state index in [4.69, 9.17) is 9.47 Å². The van der Waals surface area contributed by atoms with Crippen LogP contribution in [0.25, 0.3) is 0 Å². The van der Waals surface area contributed by atoms with E-state index in [1.165, 1.54) is 19.8 Å². The van der Waals surface area contributed by atoms with Crippen molar-refractivity contribution in [2.45, 2.75) is 13.8 Å². The Hall–Kier alpha value is -3.22. The van der Waals surface area contributed by atoms with Gasteiger partial charge in [-0.05, 0) is 49.7 Å². The molecule has 7 nitrogen and oxygen atoms in total. The Kier molecular flexibility index (Phi) is 8.33. The van der Waals surface area contributed by atoms with Crippen molar-refractivity contribution in [1.82, 2.24) is 10.6 Å². The van der Waals surface area contributed by atoms with Gasteiger partial charge in [-0.15, -0.1) is 0 Å². The number of benzene rings is 2. The highest BCUT2D eigenvalue weighted by Crippen LogP contribution is 2.27. The van der Waals surface area contributed by atoms with Crippen molar-refractivity contribution in [3.63, 3.8) is 0 Å². The molecule has 0 spiro atoms. The number of ether oxygens (including phenoxy) is 2. The van der Waals surface area contributed by atoms with Gasteiger partial charge < -0.3 is 25.0 Å². The number of aryl methyl sites for hydroxylation is 1. The van der Waals surface area contributed by atoms with Crippen LogP contribution in [0, 0.1) is 6.92 Å². The van der Waals surface area contributed by atoms with Gasteiger partial charge in [-0.25, -0.2) is 0 Å². The zero-order valence-corrected chi connectivity index (χ0v) is 17.5. The van der Waals surface area contributed by atoms with Crippen LogP contribution in [0.15, 0.2) is 42.5 Å². The summed E-state index contributed by atoms with van der Waals surface area (Å²) in [5.41, 5.74) is 2.72. The van der Waals surface area contributed by atoms with Crippen molar-refractivity contribution < 1.29 is 19.1 Å². The Morgan fingerprint density at radius 1 is 1.00 bits per heavy atom. The van der Waals surface area contributed by atoms with E-state index in [1.54, 1.807) is 18.2 Å². The van der Waals surface area contributed by atoms with E-state index in [2.05, 4.69) is 47.6 Å². The number of rotatable bonds is 10. The summed E-state index contributed by atoms with van der Waals surface area (Å²) in [6, 6.07) is 13.1. The topological polar surface area (TPSA) is 79.9 Å². The first-order valence-corrected chi connectivity index (χ1v) is 9.57. The van der Waals surface area contributed by atoms with E-state index in [1.807, 2.05) is 6.07 Å². The number of carbonyl (C=O) groups excluding carboxylic acids is 2. The van der Waals surface area contributed by atoms with Gasteiger partial charge in [-0.1, -0.05) is 12.1 Å². The smallest absolute Gasteiger partial charge is 0.251 e. The summed E-state index contributed by atoms with van der Waals surface area (Å²) in [5.74, 6) is 0.409. The molecule has 0 aliphatic carbocycles. The van der Waals surface area contributed by atoms with Crippen LogP contribution >= 0.6 is 0 Å². The second-order valence-electron chi connectivity index (χ2n) is 6.52. The van der Waals surface area contributed by atoms with E-state index in [0.29, 0.717) is 30.2 Å². The van der Waals surface area contributed by atoms with Crippen molar-refractivity contribution in [1.29, 1.82) is 0 Å². The highest BCUT2D eigenvalue weighted by molar-refractivity contribution is 5.97. The molecule has 0 aromatic heterocycles. The molecule has 2 N–H and O–H groups in total. The van der Waals surface area contributed by atoms with Crippen LogP contribution in [0.3, 0.4) is 0 Å². The van der Waals surface area contributed by atoms with Gasteiger partial charge in [0, 0.05) is 30.9 Å². The van der Waals surface area contributed by atoms with E-state index >= 15 is 0 Å². The van der Waals surface area contributed by atoms with E-state index in [-0.39, 0.29) is 18.4 Å². The molecule has 0 radical (unpaired) electrons. The lowest BCUT2D eigenvalue weighted by Gasteiger charge is -2.23. The molecule has 7 heteroatoms. The SMILES string of the molecule is CCN(CCNC(=O)CNC(=O)c1ccc(OC)c(OC)c1)c1cccc(C)c1. The highest BCUT2D eigenvalue weighted by Gasteiger charge is 2.12. The van der Waals surface area contributed by atoms with Gasteiger partial charge in [0.05, 0.1) is 20.8 Å². The van der Waals surface area contributed by atoms with Gasteiger partial charge in [0.1, 0.15) is 0 Å². The minimum absolute atomic E-state index is 0.0935. The third-order valence-corrected chi connectivity index (χ3v) is 4.51. The highest BCUT2D eigenvalue weighted by atomic mass is 16.5. The lowest BCUT2D eigenvalue weighted by Crippen LogP contribution is -2.40. The van der Waals surface area contributed by atoms with E-state index in [9.17, 15) is 9.59 Å². The fourth-order valence-corrected chi connectivity index (χ4v) is 2.93. The predicted molar refractivity (Wildman–Crippen MR) is 114 cm³/mol. The predicted octanol–water partition coefficient (Wildman–Crippen LogP) is 2.38. The van der Waals surface area contributed by atoms with Gasteiger partial charge in [0.25, 0.3) is 5.91 Å². The molecule has 0 atom stereocenters. The average molecular weight is 399 g/mol. The second kappa shape index (κ2) is 10.9. The summed E-state index contributed by atoms with van der Waals surface area (Å²) in [4.78, 5) is 26.5. The van der Waals surface area contributed by atoms with E-state index in [0.717, 1.165) is 12.2 Å². The molecule has 0 unspecified atom stereocenters. The average Bonchev–Trinajstić information content (AvgIpc) is 2.74. The number of hydrogen-bond donors (Lipinski definition) is 2. The van der Waals surface area contributed by atoms with Crippen LogP contribution in [-0.2, 0) is 4.79 Å². The maximum absolute atomic E-state index is 12.3. The van der Waals surface area contributed by atoms with Gasteiger partial charge in [-0.3, -0.25) is 9.59 Å². The Morgan fingerprint density at radius 2 is 1.76 bits per heavy atom. The Morgan fingerprint density at radius 3 is 2.41 bits per heavy atom. The maximum Gasteiger partial charge on any atom is 0.251 e. The molecule has 29 heavy (non-hydrogen) atoms. The zero-order valence-electron chi connectivity index (χ0n) is 17.5. The third-order valence-electron chi connectivity index (χ3n) is 4.51. The second-order valence-corrected chi connectivity index (χ2v) is 6.52. The molecular formula is C22H29N3O4. The molecule has 2 aromatic rings. The quantitative estimate of drug-likeness (QED) is 0.641. The lowest BCUT2D eigenvalue weighted by molar-refractivity contribution is -0.120. The van der Waals surface area contributed by atoms with Crippen molar-refractivity contribution >= 4 is 17.5 Å². The van der Waals surface area contributed by atoms with Crippen LogP contribution in [0.1, 0.15) is 22.8 Å². The monoisotopic (exact) mass is 399 g/mol. The van der Waals surface area contributed by atoms with Crippen LogP contribution in [-0.4, -0.2) is 52.2 Å². The molecule has 2 amide bonds. The number of anilines is 1. The van der Waals surface area contributed by atoms with Crippen molar-refractivity contribution in [3.8, 4) is 11.5 Å². The van der Waals surface area contributed by atoms with Crippen LogP contribution in [0.2, 0.25) is 0 Å². The largest absolute Gasteiger partial charge is 0.493 e. The third kappa shape index (κ3) is 6.41. The number of carbonyl (C=O) groups is 2. The van der Waals surface area contributed by atoms with Gasteiger partial charge >= 0.3 is 0 Å². The minimum Gasteiger partial charge on any atom is -0.493 e. The van der Waals surface area contributed by atoms with Crippen molar-refractivity contribution in [2.75, 3.05) is 45.3 Å². The van der Waals surface area contributed by atoms with E-state index < -0.39 is 0 Å². The van der Waals surface area contributed by atoms with Gasteiger partial charge in [0.15, 0.2) is 11.5 Å². The molecule has 0 aliphatic heterocycles. The number of nitrogens with zero attached hydrogens (tertiary/aromatic N) is 1. The first-order chi connectivity index (χ1) is 14.0. The first kappa shape index (κ1) is 22.1. The minimum atomic E-state index is -0.351. The molecule has 0 saturated heterocycles. The number of amides is 2. The molecule has 0 fully saturated rings. The number of nitrogens with one attached hydrogen (secondary N) is 2. The maximum atomic E-state index is 12.3. The van der Waals surface area contributed by atoms with Gasteiger partial charge in [-0.2, -0.15) is 0 Å². The summed E-state index contributed by atoms with van der Waals surface area (Å²) in [7, 11) is 3.03. The molecule has 0 heterocycles. The zero-order chi connectivity index (χ0) is 21.2. The van der Waals surface area contributed by atoms with Crippen molar-refractivity contribution in [2.24, 2.45) is 0 Å². The molecular weight excluding hydrogens is 370 g/mol. The Balaban J connectivity index is 1.80. The molecule has 0 aliphatic rings. The fraction of sp³-hybridized carbons (Fsp3) is 0.364. The van der Waals surface area contributed by atoms with Crippen LogP contribution in [0.4, 0.5) is 5.69 Å². The van der Waals surface area contributed by atoms with Crippen molar-refractivity contribution in [3.05, 3.63) is 53.6 Å². The molecule has 156 valence electrons. The standard InChI is InChI=1S/C22H29N3O4/c1-5-25(18-8-6-7-16(2)13-18)12-11-23-21(26)15-24-22(27)17-9-10-19(28-3)20(14-17)29-4/h6-10,13-14H,5,11-12,15H2,1-4H3,(H,23,26)(H,24,27). The van der Waals surface area contributed by atoms with Crippen LogP contribution in [0.5, 0.6) is 11.5 Å². The molecule has 2 rings (SSSR count). The lowest BCUT2D eigenvalue weighted by atomic mass is 10.2. The van der Waals surface area contributed by atoms with Crippen LogP contribution < -0.4 is 25.0 Å². The molecule has 0 saturated carbocycles. The first-order valence-electron chi connectivity index (χ1n) is 9.57.